The van der Waals surface area contributed by atoms with Crippen LogP contribution in [-0.2, 0) is 19.1 Å². The third kappa shape index (κ3) is 4.84. The number of rotatable bonds is 13. The number of halogens is 1. The molecule has 0 aromatic heterocycles. The van der Waals surface area contributed by atoms with Crippen molar-refractivity contribution in [3.05, 3.63) is 55.6 Å². The first-order valence-electron chi connectivity index (χ1n) is 13.5. The Kier molecular flexibility index (Phi) is 9.11. The molecule has 1 aromatic rings. The number of likely N-dealkylation sites (tertiary alicyclic amines) is 1. The molecule has 0 aliphatic carbocycles. The van der Waals surface area contributed by atoms with E-state index in [0.717, 1.165) is 19.3 Å². The Labute approximate surface area is 233 Å². The second kappa shape index (κ2) is 12.1. The maximum Gasteiger partial charge on any atom is 0.248 e. The van der Waals surface area contributed by atoms with Crippen molar-refractivity contribution in [2.45, 2.75) is 55.2 Å². The first-order chi connectivity index (χ1) is 18.4. The lowest BCUT2D eigenvalue weighted by atomic mass is 9.70. The average molecular weight is 589 g/mol. The van der Waals surface area contributed by atoms with Crippen LogP contribution in [-0.4, -0.2) is 88.0 Å². The molecule has 1 spiro atoms. The smallest absolute Gasteiger partial charge is 0.248 e. The molecular formula is C29H38BrN3O5. The van der Waals surface area contributed by atoms with Crippen molar-refractivity contribution in [1.82, 2.24) is 9.80 Å². The van der Waals surface area contributed by atoms with Crippen LogP contribution in [0.2, 0.25) is 0 Å². The lowest BCUT2D eigenvalue weighted by Gasteiger charge is -2.37. The number of para-hydroxylation sites is 1. The summed E-state index contributed by atoms with van der Waals surface area (Å²) in [6, 6.07) is 8.37. The molecule has 3 aliphatic rings. The molecule has 1 aromatic carbocycles. The maximum atomic E-state index is 14.2. The third-order valence-electron chi connectivity index (χ3n) is 7.99. The molecule has 3 heterocycles. The van der Waals surface area contributed by atoms with E-state index in [0.29, 0.717) is 25.2 Å². The molecule has 3 amide bonds. The number of aliphatic hydroxyl groups excluding tert-OH is 1. The van der Waals surface area contributed by atoms with E-state index in [-0.39, 0.29) is 42.2 Å². The van der Waals surface area contributed by atoms with E-state index in [1.54, 1.807) is 22.0 Å². The monoisotopic (exact) mass is 587 g/mol. The van der Waals surface area contributed by atoms with Gasteiger partial charge in [0.25, 0.3) is 0 Å². The Bertz CT molecular complexity index is 1050. The standard InChI is InChI=1S/C29H38BrN3O5/c1-4-7-11-16-31(14-5-2)28(37)25-29-19-21(30)24(38-29)22(23(29)27(36)33(25)17-18-34)26(35)32(15-6-3)20-12-9-8-10-13-20/h5-6,8-10,12-13,21-25,34H,2-4,7,11,14-19H2,1H3/t21?,22-,23+,24-,25?,29?/m1/s1. The zero-order chi connectivity index (χ0) is 27.4. The molecule has 38 heavy (non-hydrogen) atoms. The number of benzene rings is 1. The molecule has 2 bridgehead atoms. The molecule has 206 valence electrons. The predicted octanol–water partition coefficient (Wildman–Crippen LogP) is 3.15. The van der Waals surface area contributed by atoms with Crippen molar-refractivity contribution in [2.24, 2.45) is 11.8 Å². The highest BCUT2D eigenvalue weighted by atomic mass is 79.9. The zero-order valence-electron chi connectivity index (χ0n) is 22.0. The molecule has 9 heteroatoms. The van der Waals surface area contributed by atoms with Crippen molar-refractivity contribution in [1.29, 1.82) is 0 Å². The van der Waals surface area contributed by atoms with Crippen LogP contribution in [0.15, 0.2) is 55.6 Å². The van der Waals surface area contributed by atoms with Gasteiger partial charge in [0.1, 0.15) is 11.6 Å². The number of hydrogen-bond acceptors (Lipinski definition) is 5. The molecular weight excluding hydrogens is 550 g/mol. The van der Waals surface area contributed by atoms with Gasteiger partial charge in [-0.25, -0.2) is 0 Å². The summed E-state index contributed by atoms with van der Waals surface area (Å²) < 4.78 is 6.59. The van der Waals surface area contributed by atoms with Crippen molar-refractivity contribution in [3.8, 4) is 0 Å². The van der Waals surface area contributed by atoms with E-state index in [9.17, 15) is 19.5 Å². The van der Waals surface area contributed by atoms with Crippen molar-refractivity contribution in [3.63, 3.8) is 0 Å². The van der Waals surface area contributed by atoms with Gasteiger partial charge >= 0.3 is 0 Å². The average Bonchev–Trinajstić information content (AvgIpc) is 3.50. The number of amides is 3. The Morgan fingerprint density at radius 1 is 1.18 bits per heavy atom. The minimum absolute atomic E-state index is 0.00132. The summed E-state index contributed by atoms with van der Waals surface area (Å²) in [5, 5.41) is 9.85. The topological polar surface area (TPSA) is 90.4 Å². The highest BCUT2D eigenvalue weighted by Gasteiger charge is 2.76. The van der Waals surface area contributed by atoms with Gasteiger partial charge in [-0.1, -0.05) is 66.0 Å². The van der Waals surface area contributed by atoms with Crippen LogP contribution in [0.3, 0.4) is 0 Å². The number of β-amino-alcohol motifs (C(OH)–C–C–N with tert-alkyl or cyclic N) is 1. The molecule has 8 nitrogen and oxygen atoms in total. The Hall–Kier alpha value is -2.49. The van der Waals surface area contributed by atoms with E-state index in [4.69, 9.17) is 4.74 Å². The summed E-state index contributed by atoms with van der Waals surface area (Å²) in [5.41, 5.74) is -0.442. The van der Waals surface area contributed by atoms with Crippen molar-refractivity contribution >= 4 is 39.3 Å². The van der Waals surface area contributed by atoms with Crippen molar-refractivity contribution in [2.75, 3.05) is 37.7 Å². The van der Waals surface area contributed by atoms with Crippen molar-refractivity contribution < 1.29 is 24.2 Å². The van der Waals surface area contributed by atoms with Crippen LogP contribution in [0.1, 0.15) is 32.6 Å². The van der Waals surface area contributed by atoms with E-state index < -0.39 is 29.6 Å². The van der Waals surface area contributed by atoms with Crippen LogP contribution in [0.25, 0.3) is 0 Å². The lowest BCUT2D eigenvalue weighted by Crippen LogP contribution is -2.57. The van der Waals surface area contributed by atoms with Gasteiger partial charge in [-0.05, 0) is 25.0 Å². The minimum Gasteiger partial charge on any atom is -0.395 e. The second-order valence-electron chi connectivity index (χ2n) is 10.3. The number of hydrogen-bond donors (Lipinski definition) is 1. The van der Waals surface area contributed by atoms with E-state index in [2.05, 4.69) is 36.0 Å². The number of carbonyl (C=O) groups excluding carboxylic acids is 3. The molecule has 0 saturated carbocycles. The molecule has 1 N–H and O–H groups in total. The number of fused-ring (bicyclic) bond motifs is 1. The fourth-order valence-corrected chi connectivity index (χ4v) is 7.39. The number of unbranched alkanes of at least 4 members (excludes halogenated alkanes) is 2. The molecule has 0 radical (unpaired) electrons. The molecule has 3 fully saturated rings. The molecule has 4 rings (SSSR count). The summed E-state index contributed by atoms with van der Waals surface area (Å²) in [6.07, 6.45) is 6.06. The summed E-state index contributed by atoms with van der Waals surface area (Å²) >= 11 is 3.72. The first-order valence-corrected chi connectivity index (χ1v) is 14.4. The predicted molar refractivity (Wildman–Crippen MR) is 150 cm³/mol. The number of nitrogens with zero attached hydrogens (tertiary/aromatic N) is 3. The van der Waals surface area contributed by atoms with Gasteiger partial charge in [0.05, 0.1) is 24.5 Å². The van der Waals surface area contributed by atoms with Crippen LogP contribution < -0.4 is 4.90 Å². The van der Waals surface area contributed by atoms with Gasteiger partial charge < -0.3 is 24.5 Å². The summed E-state index contributed by atoms with van der Waals surface area (Å²) in [5.74, 6) is -2.34. The number of anilines is 1. The summed E-state index contributed by atoms with van der Waals surface area (Å²) in [6.45, 7) is 10.6. The highest BCUT2D eigenvalue weighted by molar-refractivity contribution is 9.09. The molecule has 3 aliphatic heterocycles. The van der Waals surface area contributed by atoms with E-state index in [1.165, 1.54) is 4.90 Å². The van der Waals surface area contributed by atoms with Crippen LogP contribution in [0.4, 0.5) is 5.69 Å². The van der Waals surface area contributed by atoms with Gasteiger partial charge in [0, 0.05) is 36.7 Å². The molecule has 3 unspecified atom stereocenters. The van der Waals surface area contributed by atoms with Gasteiger partial charge in [0.15, 0.2) is 0 Å². The highest BCUT2D eigenvalue weighted by Crippen LogP contribution is 2.60. The van der Waals surface area contributed by atoms with Gasteiger partial charge in [-0.2, -0.15) is 0 Å². The number of aliphatic hydroxyl groups is 1. The lowest BCUT2D eigenvalue weighted by molar-refractivity contribution is -0.148. The van der Waals surface area contributed by atoms with E-state index in [1.807, 2.05) is 30.3 Å². The van der Waals surface area contributed by atoms with Gasteiger partial charge in [0.2, 0.25) is 17.7 Å². The van der Waals surface area contributed by atoms with Gasteiger partial charge in [-0.3, -0.25) is 14.4 Å². The quantitative estimate of drug-likeness (QED) is 0.217. The minimum atomic E-state index is -1.15. The van der Waals surface area contributed by atoms with Crippen LogP contribution in [0, 0.1) is 11.8 Å². The zero-order valence-corrected chi connectivity index (χ0v) is 23.6. The normalized spacial score (nSPS) is 29.3. The Morgan fingerprint density at radius 3 is 2.53 bits per heavy atom. The number of ether oxygens (including phenoxy) is 1. The number of carbonyl (C=O) groups is 3. The fraction of sp³-hybridized carbons (Fsp3) is 0.552. The first kappa shape index (κ1) is 28.5. The van der Waals surface area contributed by atoms with E-state index >= 15 is 0 Å². The molecule has 3 saturated heterocycles. The fourth-order valence-electron chi connectivity index (χ4n) is 6.45. The van der Waals surface area contributed by atoms with Crippen LogP contribution in [0.5, 0.6) is 0 Å². The summed E-state index contributed by atoms with van der Waals surface area (Å²) in [7, 11) is 0. The second-order valence-corrected chi connectivity index (χ2v) is 11.4. The largest absolute Gasteiger partial charge is 0.395 e. The molecule has 6 atom stereocenters. The Balaban J connectivity index is 1.73. The maximum absolute atomic E-state index is 14.2. The SMILES string of the molecule is C=CCN(CCCCC)C(=O)C1N(CCO)C(=O)[C@@H]2[C@@H](C(=O)N(CC=C)c3ccccc3)[C@@H]3OC12CC3Br. The number of alkyl halides is 1. The van der Waals surface area contributed by atoms with Gasteiger partial charge in [-0.15, -0.1) is 13.2 Å². The third-order valence-corrected chi connectivity index (χ3v) is 8.83. The Morgan fingerprint density at radius 2 is 1.89 bits per heavy atom. The summed E-state index contributed by atoms with van der Waals surface area (Å²) in [4.78, 5) is 46.9. The van der Waals surface area contributed by atoms with Crippen LogP contribution >= 0.6 is 15.9 Å².